The molecule has 0 aliphatic rings. The van der Waals surface area contributed by atoms with Gasteiger partial charge in [0.25, 0.3) is 0 Å². The number of halogens is 1. The lowest BCUT2D eigenvalue weighted by molar-refractivity contribution is -0.121. The van der Waals surface area contributed by atoms with E-state index in [0.29, 0.717) is 17.5 Å². The maximum absolute atomic E-state index is 13.6. The van der Waals surface area contributed by atoms with Crippen LogP contribution in [-0.4, -0.2) is 17.0 Å². The van der Waals surface area contributed by atoms with Gasteiger partial charge < -0.3 is 16.3 Å². The topological polar surface area (TPSA) is 87.7 Å². The first-order chi connectivity index (χ1) is 8.58. The fourth-order valence-electron chi connectivity index (χ4n) is 1.42. The molecule has 0 spiro atoms. The van der Waals surface area contributed by atoms with Crippen molar-refractivity contribution in [1.29, 1.82) is 0 Å². The summed E-state index contributed by atoms with van der Waals surface area (Å²) in [5.74, 6) is -0.774. The molecule has 0 aliphatic heterocycles. The van der Waals surface area contributed by atoms with E-state index in [1.54, 1.807) is 0 Å². The molecule has 0 fully saturated rings. The molecular formula is C12H16FN3O2. The molecule has 5 nitrogen and oxygen atoms in total. The van der Waals surface area contributed by atoms with E-state index in [-0.39, 0.29) is 18.3 Å². The summed E-state index contributed by atoms with van der Waals surface area (Å²) in [4.78, 5) is 11.2. The SMILES string of the molecule is CCCC(=O)NCc1ccc(C(N)=NO)cc1F. The number of carbonyl (C=O) groups is 1. The zero-order chi connectivity index (χ0) is 13.5. The number of carbonyl (C=O) groups excluding carboxylic acids is 1. The van der Waals surface area contributed by atoms with E-state index in [2.05, 4.69) is 10.5 Å². The Morgan fingerprint density at radius 1 is 1.56 bits per heavy atom. The van der Waals surface area contributed by atoms with Gasteiger partial charge in [-0.2, -0.15) is 0 Å². The van der Waals surface area contributed by atoms with Crippen molar-refractivity contribution in [3.05, 3.63) is 35.1 Å². The van der Waals surface area contributed by atoms with Gasteiger partial charge >= 0.3 is 0 Å². The van der Waals surface area contributed by atoms with E-state index in [0.717, 1.165) is 12.5 Å². The van der Waals surface area contributed by atoms with Gasteiger partial charge in [0.1, 0.15) is 5.82 Å². The molecule has 0 aromatic heterocycles. The van der Waals surface area contributed by atoms with Gasteiger partial charge in [-0.15, -0.1) is 0 Å². The Labute approximate surface area is 104 Å². The highest BCUT2D eigenvalue weighted by atomic mass is 19.1. The van der Waals surface area contributed by atoms with Crippen molar-refractivity contribution >= 4 is 11.7 Å². The standard InChI is InChI=1S/C12H16FN3O2/c1-2-3-11(17)15-7-9-5-4-8(6-10(9)13)12(14)16-18/h4-6,18H,2-3,7H2,1H3,(H2,14,16)(H,15,17). The second-order valence-electron chi connectivity index (χ2n) is 3.82. The van der Waals surface area contributed by atoms with Gasteiger partial charge in [-0.1, -0.05) is 24.2 Å². The third-order valence-corrected chi connectivity index (χ3v) is 2.41. The highest BCUT2D eigenvalue weighted by Gasteiger charge is 2.07. The van der Waals surface area contributed by atoms with Gasteiger partial charge in [0.2, 0.25) is 5.91 Å². The number of oxime groups is 1. The van der Waals surface area contributed by atoms with Gasteiger partial charge in [0.05, 0.1) is 0 Å². The maximum Gasteiger partial charge on any atom is 0.220 e. The molecular weight excluding hydrogens is 237 g/mol. The van der Waals surface area contributed by atoms with Crippen LogP contribution in [0.1, 0.15) is 30.9 Å². The third-order valence-electron chi connectivity index (χ3n) is 2.41. The van der Waals surface area contributed by atoms with Crippen LogP contribution in [0.5, 0.6) is 0 Å². The molecule has 18 heavy (non-hydrogen) atoms. The molecule has 1 amide bonds. The maximum atomic E-state index is 13.6. The Kier molecular flexibility index (Phi) is 5.10. The Hall–Kier alpha value is -2.11. The molecule has 0 bridgehead atoms. The van der Waals surface area contributed by atoms with Crippen LogP contribution in [0.2, 0.25) is 0 Å². The number of nitrogens with two attached hydrogens (primary N) is 1. The van der Waals surface area contributed by atoms with Crippen LogP contribution in [0.4, 0.5) is 4.39 Å². The summed E-state index contributed by atoms with van der Waals surface area (Å²) in [5, 5.41) is 13.9. The molecule has 0 aliphatic carbocycles. The number of hydrogen-bond acceptors (Lipinski definition) is 3. The van der Waals surface area contributed by atoms with Crippen LogP contribution in [0, 0.1) is 5.82 Å². The Balaban J connectivity index is 2.71. The third kappa shape index (κ3) is 3.73. The average Bonchev–Trinajstić information content (AvgIpc) is 2.36. The summed E-state index contributed by atoms with van der Waals surface area (Å²) in [6.45, 7) is 2.02. The minimum atomic E-state index is -0.504. The van der Waals surface area contributed by atoms with E-state index in [4.69, 9.17) is 10.9 Å². The minimum Gasteiger partial charge on any atom is -0.409 e. The average molecular weight is 253 g/mol. The predicted octanol–water partition coefficient (Wildman–Crippen LogP) is 1.34. The summed E-state index contributed by atoms with van der Waals surface area (Å²) in [5.41, 5.74) is 5.98. The molecule has 1 rings (SSSR count). The molecule has 0 heterocycles. The Morgan fingerprint density at radius 2 is 2.28 bits per heavy atom. The van der Waals surface area contributed by atoms with Crippen LogP contribution in [0.15, 0.2) is 23.4 Å². The largest absolute Gasteiger partial charge is 0.409 e. The van der Waals surface area contributed by atoms with Crippen molar-refractivity contribution in [2.75, 3.05) is 0 Å². The van der Waals surface area contributed by atoms with Gasteiger partial charge in [0, 0.05) is 24.1 Å². The number of amides is 1. The molecule has 0 saturated heterocycles. The number of rotatable bonds is 5. The first kappa shape index (κ1) is 14.0. The first-order valence-corrected chi connectivity index (χ1v) is 5.61. The lowest BCUT2D eigenvalue weighted by Gasteiger charge is -2.07. The first-order valence-electron chi connectivity index (χ1n) is 5.61. The number of hydrogen-bond donors (Lipinski definition) is 3. The van der Waals surface area contributed by atoms with Crippen molar-refractivity contribution in [3.63, 3.8) is 0 Å². The van der Waals surface area contributed by atoms with Crippen molar-refractivity contribution in [2.45, 2.75) is 26.3 Å². The second-order valence-corrected chi connectivity index (χ2v) is 3.82. The fourth-order valence-corrected chi connectivity index (χ4v) is 1.42. The summed E-state index contributed by atoms with van der Waals surface area (Å²) >= 11 is 0. The highest BCUT2D eigenvalue weighted by molar-refractivity contribution is 5.97. The van der Waals surface area contributed by atoms with Crippen molar-refractivity contribution < 1.29 is 14.4 Å². The molecule has 1 aromatic rings. The van der Waals surface area contributed by atoms with Gasteiger partial charge in [-0.05, 0) is 12.5 Å². The molecule has 98 valence electrons. The van der Waals surface area contributed by atoms with E-state index in [1.165, 1.54) is 12.1 Å². The molecule has 0 saturated carbocycles. The minimum absolute atomic E-state index is 0.114. The highest BCUT2D eigenvalue weighted by Crippen LogP contribution is 2.10. The molecule has 0 atom stereocenters. The lowest BCUT2D eigenvalue weighted by atomic mass is 10.1. The summed E-state index contributed by atoms with van der Waals surface area (Å²) in [6, 6.07) is 4.19. The fraction of sp³-hybridized carbons (Fsp3) is 0.333. The summed E-state index contributed by atoms with van der Waals surface area (Å²) in [7, 11) is 0. The molecule has 0 radical (unpaired) electrons. The molecule has 0 unspecified atom stereocenters. The van der Waals surface area contributed by atoms with E-state index >= 15 is 0 Å². The number of nitrogens with zero attached hydrogens (tertiary/aromatic N) is 1. The second kappa shape index (κ2) is 6.58. The Bertz CT molecular complexity index is 461. The number of benzene rings is 1. The van der Waals surface area contributed by atoms with Crippen LogP contribution in [-0.2, 0) is 11.3 Å². The van der Waals surface area contributed by atoms with Crippen molar-refractivity contribution in [1.82, 2.24) is 5.32 Å². The van der Waals surface area contributed by atoms with Crippen LogP contribution in [0.25, 0.3) is 0 Å². The monoisotopic (exact) mass is 253 g/mol. The predicted molar refractivity (Wildman–Crippen MR) is 65.7 cm³/mol. The van der Waals surface area contributed by atoms with Crippen molar-refractivity contribution in [3.8, 4) is 0 Å². The number of amidine groups is 1. The van der Waals surface area contributed by atoms with E-state index < -0.39 is 5.82 Å². The van der Waals surface area contributed by atoms with Crippen LogP contribution in [0.3, 0.4) is 0 Å². The summed E-state index contributed by atoms with van der Waals surface area (Å²) < 4.78 is 13.6. The van der Waals surface area contributed by atoms with E-state index in [9.17, 15) is 9.18 Å². The van der Waals surface area contributed by atoms with Crippen LogP contribution < -0.4 is 11.1 Å². The van der Waals surface area contributed by atoms with Crippen molar-refractivity contribution in [2.24, 2.45) is 10.9 Å². The normalized spacial score (nSPS) is 11.3. The van der Waals surface area contributed by atoms with Gasteiger partial charge in [0.15, 0.2) is 5.84 Å². The smallest absolute Gasteiger partial charge is 0.220 e. The summed E-state index contributed by atoms with van der Waals surface area (Å²) in [6.07, 6.45) is 1.17. The molecule has 6 heteroatoms. The zero-order valence-corrected chi connectivity index (χ0v) is 10.1. The number of nitrogens with one attached hydrogen (secondary N) is 1. The molecule has 4 N–H and O–H groups in total. The zero-order valence-electron chi connectivity index (χ0n) is 10.1. The molecule has 1 aromatic carbocycles. The Morgan fingerprint density at radius 3 is 2.83 bits per heavy atom. The quantitative estimate of drug-likeness (QED) is 0.320. The van der Waals surface area contributed by atoms with Crippen LogP contribution >= 0.6 is 0 Å². The van der Waals surface area contributed by atoms with Gasteiger partial charge in [-0.3, -0.25) is 4.79 Å². The van der Waals surface area contributed by atoms with Gasteiger partial charge in [-0.25, -0.2) is 4.39 Å². The van der Waals surface area contributed by atoms with E-state index in [1.807, 2.05) is 6.92 Å². The lowest BCUT2D eigenvalue weighted by Crippen LogP contribution is -2.23.